The first kappa shape index (κ1) is 16.7. The molecule has 136 valence electrons. The van der Waals surface area contributed by atoms with Gasteiger partial charge in [-0.05, 0) is 19.1 Å². The number of nitrogens with zero attached hydrogens (tertiary/aromatic N) is 5. The van der Waals surface area contributed by atoms with E-state index in [2.05, 4.69) is 15.0 Å². The minimum Gasteiger partial charge on any atom is -0.361 e. The number of halogens is 1. The van der Waals surface area contributed by atoms with Gasteiger partial charge in [0.05, 0.1) is 17.4 Å². The van der Waals surface area contributed by atoms with Crippen LogP contribution in [0.25, 0.3) is 11.0 Å². The summed E-state index contributed by atoms with van der Waals surface area (Å²) < 4.78 is 20.3. The molecule has 3 heterocycles. The van der Waals surface area contributed by atoms with Gasteiger partial charge < -0.3 is 14.0 Å². The number of imidazole rings is 1. The van der Waals surface area contributed by atoms with Crippen LogP contribution in [0.15, 0.2) is 35.1 Å². The van der Waals surface area contributed by atoms with Crippen LogP contribution in [-0.4, -0.2) is 63.1 Å². The molecule has 0 N–H and O–H groups in total. The third-order valence-corrected chi connectivity index (χ3v) is 4.75. The third-order valence-electron chi connectivity index (χ3n) is 4.75. The monoisotopic (exact) mass is 357 g/mol. The fourth-order valence-electron chi connectivity index (χ4n) is 3.27. The number of hydrogen-bond donors (Lipinski definition) is 0. The molecule has 1 fully saturated rings. The zero-order valence-electron chi connectivity index (χ0n) is 14.6. The minimum absolute atomic E-state index is 0.0795. The predicted octanol–water partition coefficient (Wildman–Crippen LogP) is 1.93. The number of rotatable bonds is 4. The van der Waals surface area contributed by atoms with Gasteiger partial charge in [0, 0.05) is 51.4 Å². The van der Waals surface area contributed by atoms with Crippen molar-refractivity contribution in [2.24, 2.45) is 0 Å². The minimum atomic E-state index is -0.272. The van der Waals surface area contributed by atoms with Crippen LogP contribution in [0.1, 0.15) is 16.2 Å². The fourth-order valence-corrected chi connectivity index (χ4v) is 3.27. The molecule has 0 spiro atoms. The molecule has 0 radical (unpaired) electrons. The molecule has 0 aliphatic carbocycles. The van der Waals surface area contributed by atoms with E-state index in [9.17, 15) is 9.18 Å². The molecule has 8 heteroatoms. The molecule has 1 aromatic carbocycles. The molecule has 1 aliphatic heterocycles. The summed E-state index contributed by atoms with van der Waals surface area (Å²) in [7, 11) is 0. The summed E-state index contributed by atoms with van der Waals surface area (Å²) in [4.78, 5) is 20.8. The molecule has 1 aliphatic rings. The lowest BCUT2D eigenvalue weighted by Crippen LogP contribution is -2.49. The Morgan fingerprint density at radius 1 is 1.19 bits per heavy atom. The second kappa shape index (κ2) is 6.87. The molecule has 1 saturated heterocycles. The van der Waals surface area contributed by atoms with E-state index in [1.165, 1.54) is 12.1 Å². The zero-order chi connectivity index (χ0) is 18.1. The highest BCUT2D eigenvalue weighted by Gasteiger charge is 2.24. The van der Waals surface area contributed by atoms with E-state index in [1.807, 2.05) is 9.47 Å². The maximum atomic E-state index is 13.2. The maximum absolute atomic E-state index is 13.2. The van der Waals surface area contributed by atoms with Gasteiger partial charge in [-0.1, -0.05) is 5.16 Å². The number of aromatic nitrogens is 3. The van der Waals surface area contributed by atoms with E-state index in [4.69, 9.17) is 4.52 Å². The Hall–Kier alpha value is -2.74. The van der Waals surface area contributed by atoms with Crippen LogP contribution >= 0.6 is 0 Å². The molecule has 7 nitrogen and oxygen atoms in total. The summed E-state index contributed by atoms with van der Waals surface area (Å²) in [5.74, 6) is 0.286. The summed E-state index contributed by atoms with van der Waals surface area (Å²) >= 11 is 0. The lowest BCUT2D eigenvalue weighted by atomic mass is 10.2. The van der Waals surface area contributed by atoms with Gasteiger partial charge in [-0.3, -0.25) is 9.69 Å². The van der Waals surface area contributed by atoms with Gasteiger partial charge in [-0.15, -0.1) is 0 Å². The average molecular weight is 357 g/mol. The Kier molecular flexibility index (Phi) is 4.42. The van der Waals surface area contributed by atoms with Crippen molar-refractivity contribution in [3.63, 3.8) is 0 Å². The van der Waals surface area contributed by atoms with E-state index >= 15 is 0 Å². The lowest BCUT2D eigenvalue weighted by Gasteiger charge is -2.34. The number of carbonyl (C=O) groups excluding carboxylic acids is 1. The number of aryl methyl sites for hydroxylation is 1. The summed E-state index contributed by atoms with van der Waals surface area (Å²) in [6.45, 7) is 6.36. The number of hydrogen-bond acceptors (Lipinski definition) is 5. The molecule has 3 aromatic rings. The van der Waals surface area contributed by atoms with Crippen LogP contribution in [0.3, 0.4) is 0 Å². The molecule has 1 amide bonds. The van der Waals surface area contributed by atoms with Crippen molar-refractivity contribution in [1.29, 1.82) is 0 Å². The molecular weight excluding hydrogens is 337 g/mol. The van der Waals surface area contributed by atoms with Crippen LogP contribution in [0.2, 0.25) is 0 Å². The second-order valence-corrected chi connectivity index (χ2v) is 6.53. The van der Waals surface area contributed by atoms with Crippen molar-refractivity contribution in [3.05, 3.63) is 47.9 Å². The number of fused-ring (bicyclic) bond motifs is 1. The smallest absolute Gasteiger partial charge is 0.276 e. The van der Waals surface area contributed by atoms with Gasteiger partial charge in [0.1, 0.15) is 11.6 Å². The van der Waals surface area contributed by atoms with Crippen LogP contribution < -0.4 is 0 Å². The van der Waals surface area contributed by atoms with Gasteiger partial charge in [0.15, 0.2) is 5.69 Å². The van der Waals surface area contributed by atoms with Crippen molar-refractivity contribution in [2.45, 2.75) is 13.5 Å². The quantitative estimate of drug-likeness (QED) is 0.714. The van der Waals surface area contributed by atoms with Gasteiger partial charge in [0.2, 0.25) is 0 Å². The van der Waals surface area contributed by atoms with E-state index in [0.29, 0.717) is 30.1 Å². The first-order chi connectivity index (χ1) is 12.6. The lowest BCUT2D eigenvalue weighted by molar-refractivity contribution is 0.0623. The Bertz CT molecular complexity index is 927. The van der Waals surface area contributed by atoms with Crippen molar-refractivity contribution >= 4 is 16.9 Å². The van der Waals surface area contributed by atoms with Crippen LogP contribution in [-0.2, 0) is 6.54 Å². The average Bonchev–Trinajstić information content (AvgIpc) is 3.25. The fraction of sp³-hybridized carbons (Fsp3) is 0.389. The van der Waals surface area contributed by atoms with Crippen molar-refractivity contribution < 1.29 is 13.7 Å². The van der Waals surface area contributed by atoms with Gasteiger partial charge in [0.25, 0.3) is 5.91 Å². The molecule has 26 heavy (non-hydrogen) atoms. The molecule has 0 bridgehead atoms. The molecule has 4 rings (SSSR count). The Labute approximate surface area is 150 Å². The zero-order valence-corrected chi connectivity index (χ0v) is 14.6. The Morgan fingerprint density at radius 3 is 2.73 bits per heavy atom. The van der Waals surface area contributed by atoms with Gasteiger partial charge in [-0.2, -0.15) is 0 Å². The second-order valence-electron chi connectivity index (χ2n) is 6.53. The maximum Gasteiger partial charge on any atom is 0.276 e. The largest absolute Gasteiger partial charge is 0.361 e. The SMILES string of the molecule is Cc1cc(C(=O)N2CCN(CCn3cnc4cc(F)ccc43)CC2)no1. The van der Waals surface area contributed by atoms with Crippen LogP contribution in [0, 0.1) is 12.7 Å². The molecule has 0 atom stereocenters. The highest BCUT2D eigenvalue weighted by atomic mass is 19.1. The van der Waals surface area contributed by atoms with Crippen LogP contribution in [0.5, 0.6) is 0 Å². The topological polar surface area (TPSA) is 67.4 Å². The number of piperazine rings is 1. The highest BCUT2D eigenvalue weighted by Crippen LogP contribution is 2.15. The van der Waals surface area contributed by atoms with Crippen LogP contribution in [0.4, 0.5) is 4.39 Å². The summed E-state index contributed by atoms with van der Waals surface area (Å²) in [5, 5.41) is 3.80. The molecular formula is C18H20FN5O2. The van der Waals surface area contributed by atoms with E-state index < -0.39 is 0 Å². The van der Waals surface area contributed by atoms with Crippen molar-refractivity contribution in [2.75, 3.05) is 32.7 Å². The number of benzene rings is 1. The van der Waals surface area contributed by atoms with E-state index in [0.717, 1.165) is 31.7 Å². The number of amides is 1. The number of carbonyl (C=O) groups is 1. The third kappa shape index (κ3) is 3.32. The van der Waals surface area contributed by atoms with Crippen molar-refractivity contribution in [1.82, 2.24) is 24.5 Å². The molecule has 0 saturated carbocycles. The summed E-state index contributed by atoms with van der Waals surface area (Å²) in [6, 6.07) is 6.33. The van der Waals surface area contributed by atoms with E-state index in [-0.39, 0.29) is 11.7 Å². The molecule has 2 aromatic heterocycles. The summed E-state index contributed by atoms with van der Waals surface area (Å²) in [6.07, 6.45) is 1.75. The predicted molar refractivity (Wildman–Crippen MR) is 93.3 cm³/mol. The standard InChI is InChI=1S/C18H20FN5O2/c1-13-10-16(21-26-13)18(25)23-7-4-22(5-8-23)6-9-24-12-20-15-11-14(19)2-3-17(15)24/h2-3,10-12H,4-9H2,1H3. The first-order valence-corrected chi connectivity index (χ1v) is 8.65. The highest BCUT2D eigenvalue weighted by molar-refractivity contribution is 5.92. The molecule has 0 unspecified atom stereocenters. The van der Waals surface area contributed by atoms with Crippen molar-refractivity contribution in [3.8, 4) is 0 Å². The normalized spacial score (nSPS) is 15.7. The van der Waals surface area contributed by atoms with E-state index in [1.54, 1.807) is 25.4 Å². The Balaban J connectivity index is 1.31. The van der Waals surface area contributed by atoms with Gasteiger partial charge in [-0.25, -0.2) is 9.37 Å². The Morgan fingerprint density at radius 2 is 2.00 bits per heavy atom. The first-order valence-electron chi connectivity index (χ1n) is 8.65. The summed E-state index contributed by atoms with van der Waals surface area (Å²) in [5.41, 5.74) is 1.97. The van der Waals surface area contributed by atoms with Gasteiger partial charge >= 0.3 is 0 Å².